The predicted molar refractivity (Wildman–Crippen MR) is 60.6 cm³/mol. The Labute approximate surface area is 107 Å². The van der Waals surface area contributed by atoms with Gasteiger partial charge < -0.3 is 10.4 Å². The molecule has 1 rings (SSSR count). The van der Waals surface area contributed by atoms with E-state index in [4.69, 9.17) is 16.7 Å². The molecule has 0 radical (unpaired) electrons. The molecule has 0 bridgehead atoms. The van der Waals surface area contributed by atoms with Crippen LogP contribution in [0.2, 0.25) is 5.02 Å². The van der Waals surface area contributed by atoms with Gasteiger partial charge in [-0.1, -0.05) is 23.7 Å². The zero-order valence-electron chi connectivity index (χ0n) is 9.38. The second-order valence-electron chi connectivity index (χ2n) is 3.70. The van der Waals surface area contributed by atoms with Crippen LogP contribution in [-0.2, 0) is 0 Å². The van der Waals surface area contributed by atoms with Crippen LogP contribution in [0.3, 0.4) is 0 Å². The number of carbonyl (C=O) groups is 1. The van der Waals surface area contributed by atoms with Crippen molar-refractivity contribution in [3.05, 3.63) is 34.3 Å². The van der Waals surface area contributed by atoms with E-state index in [2.05, 4.69) is 0 Å². The minimum absolute atomic E-state index is 0.0750. The van der Waals surface area contributed by atoms with Gasteiger partial charge in [0.05, 0.1) is 17.1 Å². The maximum Gasteiger partial charge on any atom is 0.416 e. The minimum Gasteiger partial charge on any atom is -0.382 e. The monoisotopic (exact) mass is 281 g/mol. The minimum atomic E-state index is -4.76. The molecule has 0 aliphatic heterocycles. The molecule has 0 spiro atoms. The van der Waals surface area contributed by atoms with Crippen LogP contribution in [0.4, 0.5) is 13.2 Å². The smallest absolute Gasteiger partial charge is 0.382 e. The molecule has 2 N–H and O–H groups in total. The summed E-state index contributed by atoms with van der Waals surface area (Å²) in [5, 5.41) is 10.9. The Morgan fingerprint density at radius 2 is 2.11 bits per heavy atom. The molecular weight excluding hydrogens is 271 g/mol. The van der Waals surface area contributed by atoms with Gasteiger partial charge >= 0.3 is 6.18 Å². The number of aliphatic hydroxyl groups is 1. The number of aliphatic hydroxyl groups excluding tert-OH is 1. The summed E-state index contributed by atoms with van der Waals surface area (Å²) >= 11 is 5.85. The topological polar surface area (TPSA) is 49.3 Å². The standard InChI is InChI=1S/C11H11ClF3NO2/c1-6-3-2-4-7(9(6)12)10(18)16-5-8(17)11(13,14)15/h2-4,8,17H,5H2,1H3,(H,16,18). The maximum atomic E-state index is 12.0. The van der Waals surface area contributed by atoms with Gasteiger partial charge in [0, 0.05) is 0 Å². The zero-order valence-corrected chi connectivity index (χ0v) is 10.1. The highest BCUT2D eigenvalue weighted by molar-refractivity contribution is 6.34. The number of nitrogens with one attached hydrogen (secondary N) is 1. The average molecular weight is 282 g/mol. The summed E-state index contributed by atoms with van der Waals surface area (Å²) in [6, 6.07) is 4.63. The third-order valence-corrected chi connectivity index (χ3v) is 2.77. The van der Waals surface area contributed by atoms with E-state index >= 15 is 0 Å². The van der Waals surface area contributed by atoms with Gasteiger partial charge in [0.1, 0.15) is 0 Å². The lowest BCUT2D eigenvalue weighted by atomic mass is 10.1. The molecule has 1 aromatic rings. The molecule has 0 saturated carbocycles. The highest BCUT2D eigenvalue weighted by Gasteiger charge is 2.38. The van der Waals surface area contributed by atoms with E-state index in [0.29, 0.717) is 5.56 Å². The number of amides is 1. The van der Waals surface area contributed by atoms with Crippen molar-refractivity contribution in [2.24, 2.45) is 0 Å². The van der Waals surface area contributed by atoms with Crippen molar-refractivity contribution in [3.63, 3.8) is 0 Å². The Hall–Kier alpha value is -1.27. The van der Waals surface area contributed by atoms with E-state index in [0.717, 1.165) is 0 Å². The van der Waals surface area contributed by atoms with Crippen LogP contribution in [0.15, 0.2) is 18.2 Å². The lowest BCUT2D eigenvalue weighted by Crippen LogP contribution is -2.40. The summed E-state index contributed by atoms with van der Waals surface area (Å²) in [7, 11) is 0. The van der Waals surface area contributed by atoms with E-state index < -0.39 is 24.7 Å². The molecule has 1 atom stereocenters. The Morgan fingerprint density at radius 3 is 2.67 bits per heavy atom. The van der Waals surface area contributed by atoms with Crippen molar-refractivity contribution in [2.45, 2.75) is 19.2 Å². The first-order chi connectivity index (χ1) is 8.23. The van der Waals surface area contributed by atoms with E-state index in [1.165, 1.54) is 6.07 Å². The van der Waals surface area contributed by atoms with Gasteiger partial charge in [-0.15, -0.1) is 0 Å². The lowest BCUT2D eigenvalue weighted by molar-refractivity contribution is -0.201. The van der Waals surface area contributed by atoms with Crippen molar-refractivity contribution in [3.8, 4) is 0 Å². The molecule has 1 aromatic carbocycles. The Kier molecular flexibility index (Phi) is 4.59. The Balaban J connectivity index is 2.70. The lowest BCUT2D eigenvalue weighted by Gasteiger charge is -2.15. The number of halogens is 4. The fraction of sp³-hybridized carbons (Fsp3) is 0.364. The summed E-state index contributed by atoms with van der Waals surface area (Å²) < 4.78 is 36.1. The van der Waals surface area contributed by atoms with Crippen molar-refractivity contribution in [1.29, 1.82) is 0 Å². The van der Waals surface area contributed by atoms with Crippen molar-refractivity contribution in [2.75, 3.05) is 6.54 Å². The Bertz CT molecular complexity index is 448. The van der Waals surface area contributed by atoms with Gasteiger partial charge in [-0.3, -0.25) is 4.79 Å². The molecule has 100 valence electrons. The molecule has 1 unspecified atom stereocenters. The van der Waals surface area contributed by atoms with Crippen LogP contribution in [0.1, 0.15) is 15.9 Å². The van der Waals surface area contributed by atoms with E-state index in [1.807, 2.05) is 5.32 Å². The van der Waals surface area contributed by atoms with Crippen LogP contribution in [0.5, 0.6) is 0 Å². The third kappa shape index (κ3) is 3.61. The van der Waals surface area contributed by atoms with Gasteiger partial charge in [-0.2, -0.15) is 13.2 Å². The number of hydrogen-bond acceptors (Lipinski definition) is 2. The van der Waals surface area contributed by atoms with Crippen LogP contribution >= 0.6 is 11.6 Å². The first-order valence-electron chi connectivity index (χ1n) is 5.01. The second kappa shape index (κ2) is 5.58. The van der Waals surface area contributed by atoms with Gasteiger partial charge in [0.2, 0.25) is 0 Å². The summed E-state index contributed by atoms with van der Waals surface area (Å²) in [4.78, 5) is 11.6. The van der Waals surface area contributed by atoms with E-state index in [9.17, 15) is 18.0 Å². The Morgan fingerprint density at radius 1 is 1.50 bits per heavy atom. The molecule has 0 saturated heterocycles. The largest absolute Gasteiger partial charge is 0.416 e. The number of benzene rings is 1. The van der Waals surface area contributed by atoms with E-state index in [1.54, 1.807) is 19.1 Å². The van der Waals surface area contributed by atoms with E-state index in [-0.39, 0.29) is 10.6 Å². The molecule has 3 nitrogen and oxygen atoms in total. The molecule has 0 fully saturated rings. The van der Waals surface area contributed by atoms with Crippen molar-refractivity contribution < 1.29 is 23.1 Å². The number of carbonyl (C=O) groups excluding carboxylic acids is 1. The normalized spacial score (nSPS) is 13.2. The van der Waals surface area contributed by atoms with Gasteiger partial charge in [0.25, 0.3) is 5.91 Å². The molecule has 0 aliphatic carbocycles. The number of rotatable bonds is 3. The quantitative estimate of drug-likeness (QED) is 0.893. The molecule has 1 amide bonds. The summed E-state index contributed by atoms with van der Waals surface area (Å²) in [5.74, 6) is -0.757. The van der Waals surface area contributed by atoms with Crippen molar-refractivity contribution >= 4 is 17.5 Å². The molecule has 7 heteroatoms. The van der Waals surface area contributed by atoms with Crippen molar-refractivity contribution in [1.82, 2.24) is 5.32 Å². The first-order valence-corrected chi connectivity index (χ1v) is 5.39. The zero-order chi connectivity index (χ0) is 13.9. The number of alkyl halides is 3. The van der Waals surface area contributed by atoms with Gasteiger partial charge in [0.15, 0.2) is 6.10 Å². The molecule has 0 heterocycles. The number of hydrogen-bond donors (Lipinski definition) is 2. The number of aryl methyl sites for hydroxylation is 1. The molecule has 0 aromatic heterocycles. The second-order valence-corrected chi connectivity index (χ2v) is 4.08. The average Bonchev–Trinajstić information content (AvgIpc) is 2.27. The SMILES string of the molecule is Cc1cccc(C(=O)NCC(O)C(F)(F)F)c1Cl. The van der Waals surface area contributed by atoms with Crippen LogP contribution in [-0.4, -0.2) is 29.8 Å². The summed E-state index contributed by atoms with van der Waals surface area (Å²) in [5.41, 5.74) is 0.715. The summed E-state index contributed by atoms with van der Waals surface area (Å²) in [6.45, 7) is 0.760. The molecule has 18 heavy (non-hydrogen) atoms. The van der Waals surface area contributed by atoms with Crippen LogP contribution < -0.4 is 5.32 Å². The molecule has 0 aliphatic rings. The third-order valence-electron chi connectivity index (χ3n) is 2.27. The van der Waals surface area contributed by atoms with Gasteiger partial charge in [-0.05, 0) is 18.6 Å². The summed E-state index contributed by atoms with van der Waals surface area (Å²) in [6.07, 6.45) is -7.35. The van der Waals surface area contributed by atoms with Crippen LogP contribution in [0, 0.1) is 6.92 Å². The van der Waals surface area contributed by atoms with Gasteiger partial charge in [-0.25, -0.2) is 0 Å². The maximum absolute atomic E-state index is 12.0. The fourth-order valence-corrected chi connectivity index (χ4v) is 1.43. The predicted octanol–water partition coefficient (Wildman–Crippen LogP) is 2.30. The first kappa shape index (κ1) is 14.8. The molecular formula is C11H11ClF3NO2. The fourth-order valence-electron chi connectivity index (χ4n) is 1.22. The highest BCUT2D eigenvalue weighted by Crippen LogP contribution is 2.21. The van der Waals surface area contributed by atoms with Crippen LogP contribution in [0.25, 0.3) is 0 Å². The highest BCUT2D eigenvalue weighted by atomic mass is 35.5.